The van der Waals surface area contributed by atoms with E-state index in [0.29, 0.717) is 19.8 Å². The predicted molar refractivity (Wildman–Crippen MR) is 125 cm³/mol. The van der Waals surface area contributed by atoms with Crippen molar-refractivity contribution >= 4 is 74.8 Å². The number of phenolic OH excluding ortho intramolecular Hbond substituents is 1. The molecule has 156 valence electrons. The molecule has 3 amide bonds. The van der Waals surface area contributed by atoms with Crippen molar-refractivity contribution < 1.29 is 24.2 Å². The first kappa shape index (κ1) is 22.4. The second-order valence-electron chi connectivity index (χ2n) is 6.33. The lowest BCUT2D eigenvalue weighted by Crippen LogP contribution is -2.36. The first-order chi connectivity index (χ1) is 14.2. The quantitative estimate of drug-likeness (QED) is 0.410. The number of benzene rings is 2. The fourth-order valence-electron chi connectivity index (χ4n) is 2.64. The summed E-state index contributed by atoms with van der Waals surface area (Å²) in [5.41, 5.74) is 1.92. The monoisotopic (exact) mass is 558 g/mol. The van der Waals surface area contributed by atoms with Crippen LogP contribution >= 0.6 is 46.0 Å². The summed E-state index contributed by atoms with van der Waals surface area (Å²) in [7, 11) is 1.42. The number of phenols is 1. The van der Waals surface area contributed by atoms with Gasteiger partial charge in [0.05, 0.1) is 15.6 Å². The number of aromatic hydroxyl groups is 1. The van der Waals surface area contributed by atoms with Gasteiger partial charge in [-0.05, 0) is 82.7 Å². The van der Waals surface area contributed by atoms with Gasteiger partial charge in [0.2, 0.25) is 5.91 Å². The molecule has 0 radical (unpaired) electrons. The number of anilines is 1. The van der Waals surface area contributed by atoms with Gasteiger partial charge in [0, 0.05) is 10.7 Å². The lowest BCUT2D eigenvalue weighted by molar-refractivity contribution is -0.127. The average Bonchev–Trinajstić information content (AvgIpc) is 2.94. The van der Waals surface area contributed by atoms with Crippen LogP contribution in [0.2, 0.25) is 5.02 Å². The molecule has 0 saturated carbocycles. The van der Waals surface area contributed by atoms with Crippen LogP contribution < -0.4 is 10.1 Å². The van der Waals surface area contributed by atoms with E-state index in [1.807, 2.05) is 29.5 Å². The average molecular weight is 559 g/mol. The predicted octanol–water partition coefficient (Wildman–Crippen LogP) is 4.64. The Balaban J connectivity index is 1.74. The third kappa shape index (κ3) is 4.90. The molecule has 0 aromatic heterocycles. The maximum absolute atomic E-state index is 12.6. The number of rotatable bonds is 5. The summed E-state index contributed by atoms with van der Waals surface area (Å²) in [6, 6.07) is 8.25. The fourth-order valence-corrected chi connectivity index (χ4v) is 4.28. The number of aryl methyl sites for hydroxylation is 1. The van der Waals surface area contributed by atoms with Gasteiger partial charge in [-0.15, -0.1) is 0 Å². The lowest BCUT2D eigenvalue weighted by atomic mass is 10.2. The summed E-state index contributed by atoms with van der Waals surface area (Å²) in [6.45, 7) is 1.43. The van der Waals surface area contributed by atoms with Crippen LogP contribution in [0.1, 0.15) is 11.1 Å². The Bertz CT molecular complexity index is 1090. The van der Waals surface area contributed by atoms with E-state index in [9.17, 15) is 19.5 Å². The maximum atomic E-state index is 12.6. The Labute approximate surface area is 195 Å². The zero-order chi connectivity index (χ0) is 22.0. The second-order valence-corrected chi connectivity index (χ2v) is 8.90. The molecular weight excluding hydrogens is 543 g/mol. The number of nitrogens with zero attached hydrogens (tertiary/aromatic N) is 1. The number of thioether (sulfide) groups is 1. The number of halogens is 2. The summed E-state index contributed by atoms with van der Waals surface area (Å²) in [5, 5.41) is 12.5. The number of ether oxygens (including phenoxy) is 1. The van der Waals surface area contributed by atoms with Crippen LogP contribution in [-0.2, 0) is 9.59 Å². The minimum atomic E-state index is -0.566. The Hall–Kier alpha value is -2.24. The summed E-state index contributed by atoms with van der Waals surface area (Å²) in [6.07, 6.45) is 1.52. The van der Waals surface area contributed by atoms with Gasteiger partial charge in [0.1, 0.15) is 6.54 Å². The summed E-state index contributed by atoms with van der Waals surface area (Å²) >= 11 is 8.73. The molecule has 30 heavy (non-hydrogen) atoms. The number of carbonyl (C=O) groups excluding carboxylic acids is 3. The van der Waals surface area contributed by atoms with Crippen molar-refractivity contribution in [3.05, 3.63) is 55.0 Å². The fraction of sp³-hybridized carbons (Fsp3) is 0.150. The van der Waals surface area contributed by atoms with Crippen molar-refractivity contribution in [3.8, 4) is 11.5 Å². The van der Waals surface area contributed by atoms with Gasteiger partial charge in [-0.3, -0.25) is 19.3 Å². The minimum absolute atomic E-state index is 0.00349. The molecule has 7 nitrogen and oxygen atoms in total. The number of nitrogens with one attached hydrogen (secondary N) is 1. The molecule has 3 rings (SSSR count). The van der Waals surface area contributed by atoms with E-state index in [0.717, 1.165) is 22.2 Å². The first-order valence-electron chi connectivity index (χ1n) is 8.57. The molecule has 0 aliphatic carbocycles. The van der Waals surface area contributed by atoms with E-state index >= 15 is 0 Å². The van der Waals surface area contributed by atoms with Crippen LogP contribution in [0.15, 0.2) is 35.2 Å². The molecule has 1 heterocycles. The van der Waals surface area contributed by atoms with E-state index in [-0.39, 0.29) is 16.4 Å². The smallest absolute Gasteiger partial charge is 0.294 e. The van der Waals surface area contributed by atoms with Crippen molar-refractivity contribution in [2.75, 3.05) is 19.0 Å². The van der Waals surface area contributed by atoms with Crippen LogP contribution in [-0.4, -0.2) is 40.7 Å². The topological polar surface area (TPSA) is 95.9 Å². The third-order valence-corrected chi connectivity index (χ3v) is 6.34. The Morgan fingerprint density at radius 3 is 2.73 bits per heavy atom. The van der Waals surface area contributed by atoms with Crippen molar-refractivity contribution in [1.29, 1.82) is 0 Å². The molecular formula is C20H16ClIN2O5S. The highest BCUT2D eigenvalue weighted by Gasteiger charge is 2.36. The van der Waals surface area contributed by atoms with Crippen molar-refractivity contribution in [2.24, 2.45) is 0 Å². The molecule has 10 heteroatoms. The number of hydrogen-bond acceptors (Lipinski definition) is 6. The van der Waals surface area contributed by atoms with E-state index in [2.05, 4.69) is 5.32 Å². The molecule has 0 spiro atoms. The van der Waals surface area contributed by atoms with Crippen LogP contribution in [0.3, 0.4) is 0 Å². The van der Waals surface area contributed by atoms with Crippen LogP contribution in [0.25, 0.3) is 6.08 Å². The SMILES string of the molecule is COc1cc(/C=C2/SC(=O)N(CC(=O)Nc3ccc(C)c(Cl)c3)C2=O)cc(I)c1O. The standard InChI is InChI=1S/C20H16ClIN2O5S/c1-10-3-4-12(8-13(10)21)23-17(25)9-24-19(27)16(30-20(24)28)7-11-5-14(22)18(26)15(6-11)29-2/h3-8,26H,9H2,1-2H3,(H,23,25)/b16-7+. The molecule has 1 aliphatic heterocycles. The Kier molecular flexibility index (Phi) is 6.94. The highest BCUT2D eigenvalue weighted by Crippen LogP contribution is 2.36. The largest absolute Gasteiger partial charge is 0.504 e. The number of methoxy groups -OCH3 is 1. The summed E-state index contributed by atoms with van der Waals surface area (Å²) < 4.78 is 5.65. The highest BCUT2D eigenvalue weighted by atomic mass is 127. The van der Waals surface area contributed by atoms with Crippen LogP contribution in [0, 0.1) is 10.5 Å². The molecule has 2 aromatic carbocycles. The van der Waals surface area contributed by atoms with Gasteiger partial charge in [-0.2, -0.15) is 0 Å². The van der Waals surface area contributed by atoms with Crippen LogP contribution in [0.5, 0.6) is 11.5 Å². The zero-order valence-corrected chi connectivity index (χ0v) is 19.6. The van der Waals surface area contributed by atoms with E-state index in [1.54, 1.807) is 30.3 Å². The number of carbonyl (C=O) groups is 3. The molecule has 0 atom stereocenters. The first-order valence-corrected chi connectivity index (χ1v) is 10.8. The van der Waals surface area contributed by atoms with Crippen molar-refractivity contribution in [1.82, 2.24) is 4.90 Å². The Morgan fingerprint density at radius 2 is 2.07 bits per heavy atom. The maximum Gasteiger partial charge on any atom is 0.294 e. The van der Waals surface area contributed by atoms with E-state index in [1.165, 1.54) is 13.2 Å². The van der Waals surface area contributed by atoms with Gasteiger partial charge in [-0.25, -0.2) is 0 Å². The van der Waals surface area contributed by atoms with Gasteiger partial charge >= 0.3 is 0 Å². The molecule has 2 aromatic rings. The molecule has 1 fully saturated rings. The molecule has 0 unspecified atom stereocenters. The second kappa shape index (κ2) is 9.27. The lowest BCUT2D eigenvalue weighted by Gasteiger charge is -2.13. The van der Waals surface area contributed by atoms with Gasteiger partial charge in [0.15, 0.2) is 11.5 Å². The van der Waals surface area contributed by atoms with Crippen molar-refractivity contribution in [2.45, 2.75) is 6.92 Å². The number of hydrogen-bond donors (Lipinski definition) is 2. The van der Waals surface area contributed by atoms with Crippen molar-refractivity contribution in [3.63, 3.8) is 0 Å². The number of imide groups is 1. The molecule has 1 saturated heterocycles. The molecule has 1 aliphatic rings. The molecule has 2 N–H and O–H groups in total. The van der Waals surface area contributed by atoms with E-state index < -0.39 is 23.6 Å². The van der Waals surface area contributed by atoms with Gasteiger partial charge in [-0.1, -0.05) is 17.7 Å². The van der Waals surface area contributed by atoms with E-state index in [4.69, 9.17) is 16.3 Å². The Morgan fingerprint density at radius 1 is 1.33 bits per heavy atom. The molecule has 0 bridgehead atoms. The highest BCUT2D eigenvalue weighted by molar-refractivity contribution is 14.1. The summed E-state index contributed by atoms with van der Waals surface area (Å²) in [5.74, 6) is -0.830. The zero-order valence-electron chi connectivity index (χ0n) is 15.9. The van der Waals surface area contributed by atoms with Gasteiger partial charge < -0.3 is 15.2 Å². The normalized spacial score (nSPS) is 15.1. The minimum Gasteiger partial charge on any atom is -0.504 e. The van der Waals surface area contributed by atoms with Gasteiger partial charge in [0.25, 0.3) is 11.1 Å². The number of amides is 3. The summed E-state index contributed by atoms with van der Waals surface area (Å²) in [4.78, 5) is 38.3. The third-order valence-electron chi connectivity index (χ3n) is 4.20. The van der Waals surface area contributed by atoms with Crippen LogP contribution in [0.4, 0.5) is 10.5 Å².